The van der Waals surface area contributed by atoms with Gasteiger partial charge in [-0.2, -0.15) is 0 Å². The second-order valence-electron chi connectivity index (χ2n) is 7.66. The predicted octanol–water partition coefficient (Wildman–Crippen LogP) is 5.30. The molecule has 0 unspecified atom stereocenters. The van der Waals surface area contributed by atoms with Gasteiger partial charge < -0.3 is 24.5 Å². The van der Waals surface area contributed by atoms with E-state index in [1.165, 1.54) is 26.4 Å². The smallest absolute Gasteiger partial charge is 0.280 e. The van der Waals surface area contributed by atoms with Crippen molar-refractivity contribution in [2.45, 2.75) is 25.4 Å². The first kappa shape index (κ1) is 22.4. The lowest BCUT2D eigenvalue weighted by Crippen LogP contribution is -2.25. The lowest BCUT2D eigenvalue weighted by Gasteiger charge is -2.15. The highest BCUT2D eigenvalue weighted by Crippen LogP contribution is 2.39. The van der Waals surface area contributed by atoms with Gasteiger partial charge >= 0.3 is 0 Å². The second-order valence-corrected chi connectivity index (χ2v) is 7.66. The summed E-state index contributed by atoms with van der Waals surface area (Å²) in [5.41, 5.74) is 1.61. The van der Waals surface area contributed by atoms with Gasteiger partial charge in [0.05, 0.1) is 27.0 Å². The Hall–Kier alpha value is -3.81. The van der Waals surface area contributed by atoms with Crippen molar-refractivity contribution in [2.75, 3.05) is 19.5 Å². The fourth-order valence-electron chi connectivity index (χ4n) is 3.37. The number of nitrogens with one attached hydrogen (secondary N) is 2. The maximum Gasteiger partial charge on any atom is 0.280 e. The van der Waals surface area contributed by atoms with Crippen LogP contribution in [0, 0.1) is 5.82 Å². The first-order valence-corrected chi connectivity index (χ1v) is 10.5. The van der Waals surface area contributed by atoms with Crippen LogP contribution in [-0.2, 0) is 11.3 Å². The summed E-state index contributed by atoms with van der Waals surface area (Å²) in [5.74, 6) is -0.864. The number of furan rings is 1. The van der Waals surface area contributed by atoms with Crippen LogP contribution in [0.4, 0.5) is 14.5 Å². The van der Waals surface area contributed by atoms with Crippen LogP contribution in [0.3, 0.4) is 0 Å². The quantitative estimate of drug-likeness (QED) is 0.429. The third-order valence-corrected chi connectivity index (χ3v) is 5.27. The molecule has 33 heavy (non-hydrogen) atoms. The largest absolute Gasteiger partial charge is 0.496 e. The molecule has 0 bridgehead atoms. The number of ether oxygens (including phenoxy) is 2. The summed E-state index contributed by atoms with van der Waals surface area (Å²) in [4.78, 5) is 12.0. The van der Waals surface area contributed by atoms with E-state index in [0.29, 0.717) is 29.1 Å². The van der Waals surface area contributed by atoms with Crippen LogP contribution in [0.25, 0.3) is 17.2 Å². The highest BCUT2D eigenvalue weighted by molar-refractivity contribution is 5.96. The number of carbonyl (C=O) groups excluding carboxylic acids is 1. The zero-order valence-electron chi connectivity index (χ0n) is 18.3. The lowest BCUT2D eigenvalue weighted by atomic mass is 10.00. The molecule has 1 aromatic heterocycles. The Balaban J connectivity index is 1.61. The third kappa shape index (κ3) is 5.34. The molecular formula is C25H24F2N2O4. The number of carbonyl (C=O) groups is 1. The number of halogens is 2. The average molecular weight is 454 g/mol. The van der Waals surface area contributed by atoms with Gasteiger partial charge in [-0.15, -0.1) is 0 Å². The van der Waals surface area contributed by atoms with Crippen molar-refractivity contribution in [3.8, 4) is 22.6 Å². The molecule has 1 heterocycles. The molecule has 1 aliphatic carbocycles. The summed E-state index contributed by atoms with van der Waals surface area (Å²) >= 11 is 0. The van der Waals surface area contributed by atoms with E-state index in [2.05, 4.69) is 10.6 Å². The second kappa shape index (κ2) is 9.77. The Morgan fingerprint density at radius 2 is 1.91 bits per heavy atom. The number of hydrogen-bond acceptors (Lipinski definition) is 5. The van der Waals surface area contributed by atoms with E-state index >= 15 is 4.39 Å². The first-order valence-electron chi connectivity index (χ1n) is 10.5. The average Bonchev–Trinajstić information content (AvgIpc) is 3.47. The maximum absolute atomic E-state index is 15.0. The van der Waals surface area contributed by atoms with E-state index in [1.807, 2.05) is 6.07 Å². The molecule has 4 rings (SSSR count). The molecule has 0 radical (unpaired) electrons. The van der Waals surface area contributed by atoms with E-state index in [9.17, 15) is 9.18 Å². The number of methoxy groups -OCH3 is 2. The fraction of sp³-hybridized carbons (Fsp3) is 0.240. The van der Waals surface area contributed by atoms with Gasteiger partial charge in [-0.05, 0) is 61.4 Å². The maximum atomic E-state index is 15.0. The van der Waals surface area contributed by atoms with Crippen LogP contribution in [-0.4, -0.2) is 26.2 Å². The van der Waals surface area contributed by atoms with Crippen molar-refractivity contribution in [3.63, 3.8) is 0 Å². The van der Waals surface area contributed by atoms with Crippen molar-refractivity contribution in [1.29, 1.82) is 0 Å². The molecule has 6 nitrogen and oxygen atoms in total. The number of hydrogen-bond donors (Lipinski definition) is 2. The van der Waals surface area contributed by atoms with Gasteiger partial charge in [-0.1, -0.05) is 0 Å². The van der Waals surface area contributed by atoms with Crippen molar-refractivity contribution >= 4 is 17.7 Å². The van der Waals surface area contributed by atoms with Gasteiger partial charge in [0.15, 0.2) is 5.83 Å². The highest BCUT2D eigenvalue weighted by atomic mass is 19.1. The standard InChI is InChI=1S/C25H24F2N2O4/c1-31-23-13-20(19-8-7-17(12-21(19)26)28-14-18-4-3-9-33-18)24(32-2)11-15(23)10-22(27)25(30)29-16-5-6-16/h3-4,7-13,16,28H,5-6,14H2,1-2H3,(H,29,30). The summed E-state index contributed by atoms with van der Waals surface area (Å²) in [6.07, 6.45) is 4.37. The van der Waals surface area contributed by atoms with E-state index in [4.69, 9.17) is 13.9 Å². The molecule has 8 heteroatoms. The Bertz CT molecular complexity index is 1170. The SMILES string of the molecule is COc1cc(-c2ccc(NCc3ccco3)cc2F)c(OC)cc1C=C(F)C(=O)NC1CC1. The molecule has 1 saturated carbocycles. The zero-order chi connectivity index (χ0) is 23.4. The fourth-order valence-corrected chi connectivity index (χ4v) is 3.37. The highest BCUT2D eigenvalue weighted by Gasteiger charge is 2.25. The molecule has 0 aliphatic heterocycles. The Kier molecular flexibility index (Phi) is 6.63. The monoisotopic (exact) mass is 454 g/mol. The predicted molar refractivity (Wildman–Crippen MR) is 121 cm³/mol. The Morgan fingerprint density at radius 1 is 1.12 bits per heavy atom. The van der Waals surface area contributed by atoms with E-state index in [0.717, 1.165) is 24.7 Å². The topological polar surface area (TPSA) is 72.7 Å². The van der Waals surface area contributed by atoms with Crippen LogP contribution in [0.5, 0.6) is 11.5 Å². The molecule has 2 N–H and O–H groups in total. The number of anilines is 1. The van der Waals surface area contributed by atoms with Crippen molar-refractivity contribution in [3.05, 3.63) is 71.7 Å². The minimum absolute atomic E-state index is 0.0370. The van der Waals surface area contributed by atoms with Gasteiger partial charge in [0.2, 0.25) is 0 Å². The summed E-state index contributed by atoms with van der Waals surface area (Å²) < 4.78 is 45.5. The van der Waals surface area contributed by atoms with E-state index < -0.39 is 17.6 Å². The number of amides is 1. The first-order chi connectivity index (χ1) is 16.0. The Morgan fingerprint density at radius 3 is 2.55 bits per heavy atom. The van der Waals surface area contributed by atoms with E-state index in [-0.39, 0.29) is 17.4 Å². The summed E-state index contributed by atoms with van der Waals surface area (Å²) in [6, 6.07) is 11.5. The van der Waals surface area contributed by atoms with Gasteiger partial charge in [0, 0.05) is 28.4 Å². The van der Waals surface area contributed by atoms with Crippen LogP contribution in [0.1, 0.15) is 24.2 Å². The third-order valence-electron chi connectivity index (χ3n) is 5.27. The molecule has 0 saturated heterocycles. The zero-order valence-corrected chi connectivity index (χ0v) is 18.3. The van der Waals surface area contributed by atoms with Crippen LogP contribution in [0.2, 0.25) is 0 Å². The Labute approximate surface area is 190 Å². The minimum Gasteiger partial charge on any atom is -0.496 e. The van der Waals surface area contributed by atoms with Gasteiger partial charge in [0.1, 0.15) is 23.1 Å². The lowest BCUT2D eigenvalue weighted by molar-refractivity contribution is -0.118. The summed E-state index contributed by atoms with van der Waals surface area (Å²) in [7, 11) is 2.86. The minimum atomic E-state index is -0.937. The molecule has 1 aliphatic rings. The molecule has 1 amide bonds. The van der Waals surface area contributed by atoms with Gasteiger partial charge in [-0.3, -0.25) is 4.79 Å². The van der Waals surface area contributed by atoms with Crippen LogP contribution >= 0.6 is 0 Å². The van der Waals surface area contributed by atoms with Gasteiger partial charge in [-0.25, -0.2) is 8.78 Å². The van der Waals surface area contributed by atoms with Crippen LogP contribution in [0.15, 0.2) is 59.0 Å². The molecule has 172 valence electrons. The van der Waals surface area contributed by atoms with Crippen LogP contribution < -0.4 is 20.1 Å². The van der Waals surface area contributed by atoms with Crippen molar-refractivity contribution in [2.24, 2.45) is 0 Å². The molecule has 0 spiro atoms. The van der Waals surface area contributed by atoms with E-state index in [1.54, 1.807) is 30.5 Å². The molecule has 1 fully saturated rings. The van der Waals surface area contributed by atoms with Gasteiger partial charge in [0.25, 0.3) is 5.91 Å². The molecule has 3 aromatic rings. The summed E-state index contributed by atoms with van der Waals surface area (Å²) in [5, 5.41) is 5.69. The molecule has 2 aromatic carbocycles. The summed E-state index contributed by atoms with van der Waals surface area (Å²) in [6.45, 7) is 0.420. The number of benzene rings is 2. The number of rotatable bonds is 9. The normalized spacial score (nSPS) is 13.5. The van der Waals surface area contributed by atoms with Crippen molar-refractivity contribution < 1.29 is 27.5 Å². The molecular weight excluding hydrogens is 430 g/mol. The van der Waals surface area contributed by atoms with Crippen molar-refractivity contribution in [1.82, 2.24) is 5.32 Å². The molecule has 0 atom stereocenters.